The maximum Gasteiger partial charge on any atom is 0.269 e. The van der Waals surface area contributed by atoms with Crippen LogP contribution in [0.4, 0.5) is 5.69 Å². The minimum Gasteiger partial charge on any atom is -0.369 e. The summed E-state index contributed by atoms with van der Waals surface area (Å²) in [5, 5.41) is 7.68. The van der Waals surface area contributed by atoms with Crippen molar-refractivity contribution in [2.45, 2.75) is 13.0 Å². The van der Waals surface area contributed by atoms with Gasteiger partial charge < -0.3 is 10.2 Å². The lowest BCUT2D eigenvalue weighted by molar-refractivity contribution is 0.635. The molecule has 0 aliphatic carbocycles. The Hall–Kier alpha value is -2.14. The second-order valence-electron chi connectivity index (χ2n) is 5.29. The molecule has 1 aliphatic rings. The summed E-state index contributed by atoms with van der Waals surface area (Å²) in [6.07, 6.45) is 2.89. The fourth-order valence-corrected chi connectivity index (χ4v) is 2.58. The summed E-state index contributed by atoms with van der Waals surface area (Å²) in [5.41, 5.74) is 1.96. The van der Waals surface area contributed by atoms with Crippen LogP contribution in [0.1, 0.15) is 12.0 Å². The fourth-order valence-electron chi connectivity index (χ4n) is 2.58. The van der Waals surface area contributed by atoms with Gasteiger partial charge in [-0.1, -0.05) is 30.3 Å². The molecule has 0 unspecified atom stereocenters. The van der Waals surface area contributed by atoms with Crippen LogP contribution in [0.3, 0.4) is 0 Å². The van der Waals surface area contributed by atoms with E-state index in [1.807, 2.05) is 30.3 Å². The van der Waals surface area contributed by atoms with E-state index in [1.165, 1.54) is 4.68 Å². The smallest absolute Gasteiger partial charge is 0.269 e. The standard InChI is InChI=1S/C16H20N4O/c21-16-11-15(19-9-4-7-17-8-10-19)12-18-20(16)13-14-5-2-1-3-6-14/h1-3,5-6,11-12,17H,4,7-10,13H2. The van der Waals surface area contributed by atoms with Gasteiger partial charge in [0, 0.05) is 25.7 Å². The van der Waals surface area contributed by atoms with Gasteiger partial charge in [-0.05, 0) is 18.5 Å². The number of hydrogen-bond acceptors (Lipinski definition) is 4. The van der Waals surface area contributed by atoms with E-state index in [9.17, 15) is 4.79 Å². The van der Waals surface area contributed by atoms with E-state index in [0.717, 1.165) is 43.9 Å². The lowest BCUT2D eigenvalue weighted by Gasteiger charge is -2.21. The predicted octanol–water partition coefficient (Wildman–Crippen LogP) is 1.09. The summed E-state index contributed by atoms with van der Waals surface area (Å²) < 4.78 is 1.51. The van der Waals surface area contributed by atoms with Gasteiger partial charge in [-0.2, -0.15) is 5.10 Å². The van der Waals surface area contributed by atoms with Crippen LogP contribution in [0.25, 0.3) is 0 Å². The van der Waals surface area contributed by atoms with Crippen molar-refractivity contribution in [3.63, 3.8) is 0 Å². The topological polar surface area (TPSA) is 50.2 Å². The van der Waals surface area contributed by atoms with E-state index in [-0.39, 0.29) is 5.56 Å². The molecule has 1 aromatic carbocycles. The molecule has 0 atom stereocenters. The molecule has 0 saturated carbocycles. The molecular formula is C16H20N4O. The van der Waals surface area contributed by atoms with Crippen molar-refractivity contribution in [3.05, 3.63) is 58.5 Å². The fraction of sp³-hybridized carbons (Fsp3) is 0.375. The van der Waals surface area contributed by atoms with Crippen LogP contribution >= 0.6 is 0 Å². The zero-order valence-electron chi connectivity index (χ0n) is 12.0. The Morgan fingerprint density at radius 1 is 1.14 bits per heavy atom. The predicted molar refractivity (Wildman–Crippen MR) is 83.7 cm³/mol. The Labute approximate surface area is 124 Å². The molecule has 1 saturated heterocycles. The van der Waals surface area contributed by atoms with Gasteiger partial charge in [0.2, 0.25) is 0 Å². The molecule has 0 radical (unpaired) electrons. The van der Waals surface area contributed by atoms with Gasteiger partial charge in [0.05, 0.1) is 18.4 Å². The maximum absolute atomic E-state index is 12.2. The SMILES string of the molecule is O=c1cc(N2CCCNCC2)cnn1Cc1ccccc1. The second-order valence-corrected chi connectivity index (χ2v) is 5.29. The number of aromatic nitrogens is 2. The molecular weight excluding hydrogens is 264 g/mol. The lowest BCUT2D eigenvalue weighted by Crippen LogP contribution is -2.31. The normalized spacial score (nSPS) is 15.7. The molecule has 2 aromatic rings. The van der Waals surface area contributed by atoms with E-state index in [0.29, 0.717) is 6.54 Å². The first-order chi connectivity index (χ1) is 10.3. The molecule has 2 heterocycles. The average Bonchev–Trinajstić information content (AvgIpc) is 2.79. The number of benzene rings is 1. The highest BCUT2D eigenvalue weighted by Crippen LogP contribution is 2.11. The monoisotopic (exact) mass is 284 g/mol. The van der Waals surface area contributed by atoms with Crippen LogP contribution in [0.2, 0.25) is 0 Å². The molecule has 110 valence electrons. The molecule has 1 aromatic heterocycles. The number of nitrogens with one attached hydrogen (secondary N) is 1. The molecule has 3 rings (SSSR count). The zero-order valence-corrected chi connectivity index (χ0v) is 12.0. The molecule has 0 spiro atoms. The van der Waals surface area contributed by atoms with Gasteiger partial charge in [0.15, 0.2) is 0 Å². The van der Waals surface area contributed by atoms with Crippen molar-refractivity contribution >= 4 is 5.69 Å². The molecule has 1 N–H and O–H groups in total. The van der Waals surface area contributed by atoms with Gasteiger partial charge in [0.25, 0.3) is 5.56 Å². The summed E-state index contributed by atoms with van der Waals surface area (Å²) in [5.74, 6) is 0. The highest BCUT2D eigenvalue weighted by atomic mass is 16.1. The van der Waals surface area contributed by atoms with Crippen LogP contribution in [0, 0.1) is 0 Å². The number of rotatable bonds is 3. The van der Waals surface area contributed by atoms with Crippen molar-refractivity contribution < 1.29 is 0 Å². The summed E-state index contributed by atoms with van der Waals surface area (Å²) in [7, 11) is 0. The zero-order chi connectivity index (χ0) is 14.5. The largest absolute Gasteiger partial charge is 0.369 e. The molecule has 1 aliphatic heterocycles. The van der Waals surface area contributed by atoms with E-state index in [2.05, 4.69) is 15.3 Å². The van der Waals surface area contributed by atoms with Crippen molar-refractivity contribution in [2.75, 3.05) is 31.1 Å². The third-order valence-corrected chi connectivity index (χ3v) is 3.74. The number of hydrogen-bond donors (Lipinski definition) is 1. The third kappa shape index (κ3) is 3.49. The Balaban J connectivity index is 1.78. The summed E-state index contributed by atoms with van der Waals surface area (Å²) in [4.78, 5) is 14.5. The minimum atomic E-state index is -0.0476. The number of anilines is 1. The van der Waals surface area contributed by atoms with Gasteiger partial charge in [0.1, 0.15) is 0 Å². The van der Waals surface area contributed by atoms with E-state index in [4.69, 9.17) is 0 Å². The Morgan fingerprint density at radius 3 is 2.81 bits per heavy atom. The van der Waals surface area contributed by atoms with E-state index in [1.54, 1.807) is 12.3 Å². The summed E-state index contributed by atoms with van der Waals surface area (Å²) >= 11 is 0. The first kappa shape index (κ1) is 13.8. The van der Waals surface area contributed by atoms with E-state index >= 15 is 0 Å². The molecule has 0 bridgehead atoms. The first-order valence-corrected chi connectivity index (χ1v) is 7.40. The highest BCUT2D eigenvalue weighted by Gasteiger charge is 2.11. The van der Waals surface area contributed by atoms with Crippen LogP contribution in [-0.4, -0.2) is 36.0 Å². The average molecular weight is 284 g/mol. The van der Waals surface area contributed by atoms with Crippen LogP contribution < -0.4 is 15.8 Å². The Bertz CT molecular complexity index is 630. The third-order valence-electron chi connectivity index (χ3n) is 3.74. The van der Waals surface area contributed by atoms with Crippen molar-refractivity contribution in [3.8, 4) is 0 Å². The molecule has 5 heteroatoms. The van der Waals surface area contributed by atoms with Crippen molar-refractivity contribution in [2.24, 2.45) is 0 Å². The van der Waals surface area contributed by atoms with Crippen LogP contribution in [0.15, 0.2) is 47.4 Å². The van der Waals surface area contributed by atoms with Crippen molar-refractivity contribution in [1.29, 1.82) is 0 Å². The van der Waals surface area contributed by atoms with Gasteiger partial charge in [-0.25, -0.2) is 4.68 Å². The molecule has 0 amide bonds. The summed E-state index contributed by atoms with van der Waals surface area (Å²) in [6.45, 7) is 4.39. The number of nitrogens with zero attached hydrogens (tertiary/aromatic N) is 3. The lowest BCUT2D eigenvalue weighted by atomic mass is 10.2. The maximum atomic E-state index is 12.2. The Kier molecular flexibility index (Phi) is 4.31. The van der Waals surface area contributed by atoms with Gasteiger partial charge >= 0.3 is 0 Å². The van der Waals surface area contributed by atoms with Gasteiger partial charge in [-0.15, -0.1) is 0 Å². The second kappa shape index (κ2) is 6.54. The molecule has 5 nitrogen and oxygen atoms in total. The van der Waals surface area contributed by atoms with Crippen LogP contribution in [0.5, 0.6) is 0 Å². The van der Waals surface area contributed by atoms with E-state index < -0.39 is 0 Å². The summed E-state index contributed by atoms with van der Waals surface area (Å²) in [6, 6.07) is 11.6. The Morgan fingerprint density at radius 2 is 2.00 bits per heavy atom. The minimum absolute atomic E-state index is 0.0476. The molecule has 1 fully saturated rings. The van der Waals surface area contributed by atoms with Crippen LogP contribution in [-0.2, 0) is 6.54 Å². The highest BCUT2D eigenvalue weighted by molar-refractivity contribution is 5.43. The van der Waals surface area contributed by atoms with Crippen molar-refractivity contribution in [1.82, 2.24) is 15.1 Å². The first-order valence-electron chi connectivity index (χ1n) is 7.40. The molecule has 21 heavy (non-hydrogen) atoms. The quantitative estimate of drug-likeness (QED) is 0.917. The van der Waals surface area contributed by atoms with Gasteiger partial charge in [-0.3, -0.25) is 4.79 Å².